The molecule has 28 heavy (non-hydrogen) atoms. The largest absolute Gasteiger partial charge is 0.317 e. The van der Waals surface area contributed by atoms with Gasteiger partial charge in [-0.3, -0.25) is 4.79 Å². The number of ketones is 1. The second-order valence-electron chi connectivity index (χ2n) is 6.49. The van der Waals surface area contributed by atoms with Crippen molar-refractivity contribution in [3.8, 4) is 0 Å². The molecule has 0 aliphatic heterocycles. The average Bonchev–Trinajstić information content (AvgIpc) is 3.08. The molecule has 0 N–H and O–H groups in total. The van der Waals surface area contributed by atoms with E-state index in [-0.39, 0.29) is 10.7 Å². The minimum absolute atomic E-state index is 0.133. The van der Waals surface area contributed by atoms with Crippen molar-refractivity contribution < 1.29 is 13.2 Å². The molecule has 140 valence electrons. The molecular weight excluding hydrogens is 372 g/mol. The molecule has 0 unspecified atom stereocenters. The van der Waals surface area contributed by atoms with Gasteiger partial charge in [-0.05, 0) is 29.8 Å². The van der Waals surface area contributed by atoms with Crippen LogP contribution in [0.4, 0.5) is 0 Å². The van der Waals surface area contributed by atoms with Gasteiger partial charge in [0, 0.05) is 6.54 Å². The van der Waals surface area contributed by atoms with Crippen molar-refractivity contribution in [2.75, 3.05) is 5.75 Å². The molecule has 0 fully saturated rings. The first-order chi connectivity index (χ1) is 13.5. The van der Waals surface area contributed by atoms with Gasteiger partial charge in [0.15, 0.2) is 15.7 Å². The van der Waals surface area contributed by atoms with E-state index < -0.39 is 21.4 Å². The van der Waals surface area contributed by atoms with Crippen LogP contribution in [0.25, 0.3) is 11.0 Å². The van der Waals surface area contributed by atoms with E-state index in [9.17, 15) is 13.2 Å². The molecule has 0 amide bonds. The number of hydrogen-bond acceptors (Lipinski definition) is 4. The van der Waals surface area contributed by atoms with Crippen LogP contribution in [0, 0.1) is 0 Å². The molecule has 0 saturated carbocycles. The minimum Gasteiger partial charge on any atom is -0.317 e. The van der Waals surface area contributed by atoms with E-state index in [0.717, 1.165) is 11.1 Å². The molecule has 5 nitrogen and oxygen atoms in total. The maximum Gasteiger partial charge on any atom is 0.213 e. The van der Waals surface area contributed by atoms with Gasteiger partial charge in [0.1, 0.15) is 5.75 Å². The first-order valence-electron chi connectivity index (χ1n) is 8.85. The summed E-state index contributed by atoms with van der Waals surface area (Å²) in [5.74, 6) is -0.977. The molecule has 0 radical (unpaired) electrons. The molecule has 4 rings (SSSR count). The molecule has 0 spiro atoms. The van der Waals surface area contributed by atoms with Crippen LogP contribution in [-0.2, 0) is 16.4 Å². The van der Waals surface area contributed by atoms with Crippen molar-refractivity contribution in [2.24, 2.45) is 0 Å². The summed E-state index contributed by atoms with van der Waals surface area (Å²) in [6.07, 6.45) is 0. The normalized spacial score (nSPS) is 11.6. The number of hydrogen-bond donors (Lipinski definition) is 0. The Labute approximate surface area is 163 Å². The molecule has 1 heterocycles. The fourth-order valence-electron chi connectivity index (χ4n) is 3.16. The lowest BCUT2D eigenvalue weighted by molar-refractivity contribution is 0.100. The first kappa shape index (κ1) is 18.1. The SMILES string of the molecule is O=C(CS(=O)(=O)c1ccccc1)c1nc2ccccc2n1Cc1ccccc1. The van der Waals surface area contributed by atoms with Crippen molar-refractivity contribution in [3.63, 3.8) is 0 Å². The monoisotopic (exact) mass is 390 g/mol. The highest BCUT2D eigenvalue weighted by Crippen LogP contribution is 2.20. The Morgan fingerprint density at radius 2 is 1.43 bits per heavy atom. The fraction of sp³-hybridized carbons (Fsp3) is 0.0909. The number of benzene rings is 3. The van der Waals surface area contributed by atoms with Crippen molar-refractivity contribution in [1.29, 1.82) is 0 Å². The van der Waals surface area contributed by atoms with E-state index in [0.29, 0.717) is 12.1 Å². The van der Waals surface area contributed by atoms with Gasteiger partial charge >= 0.3 is 0 Å². The molecule has 6 heteroatoms. The van der Waals surface area contributed by atoms with Crippen molar-refractivity contribution in [3.05, 3.63) is 96.3 Å². The predicted molar refractivity (Wildman–Crippen MR) is 108 cm³/mol. The number of aromatic nitrogens is 2. The maximum atomic E-state index is 13.0. The standard InChI is InChI=1S/C22H18N2O3S/c25-21(16-28(26,27)18-11-5-2-6-12-18)22-23-19-13-7-8-14-20(19)24(22)15-17-9-3-1-4-10-17/h1-14H,15-16H2. The third-order valence-electron chi connectivity index (χ3n) is 4.51. The summed E-state index contributed by atoms with van der Waals surface area (Å²) in [5.41, 5.74) is 2.47. The van der Waals surface area contributed by atoms with Gasteiger partial charge in [0.25, 0.3) is 0 Å². The highest BCUT2D eigenvalue weighted by Gasteiger charge is 2.25. The average molecular weight is 390 g/mol. The predicted octanol–water partition coefficient (Wildman–Crippen LogP) is 3.74. The Morgan fingerprint density at radius 1 is 0.821 bits per heavy atom. The zero-order valence-electron chi connectivity index (χ0n) is 15.0. The summed E-state index contributed by atoms with van der Waals surface area (Å²) in [5, 5.41) is 0. The summed E-state index contributed by atoms with van der Waals surface area (Å²) in [6.45, 7) is 0.438. The lowest BCUT2D eigenvalue weighted by Crippen LogP contribution is -2.20. The smallest absolute Gasteiger partial charge is 0.213 e. The lowest BCUT2D eigenvalue weighted by Gasteiger charge is -2.09. The van der Waals surface area contributed by atoms with E-state index in [2.05, 4.69) is 4.98 Å². The van der Waals surface area contributed by atoms with E-state index >= 15 is 0 Å². The van der Waals surface area contributed by atoms with Gasteiger partial charge in [0.2, 0.25) is 5.78 Å². The molecule has 0 atom stereocenters. The number of rotatable bonds is 6. The van der Waals surface area contributed by atoms with Gasteiger partial charge < -0.3 is 4.57 Å². The third-order valence-corrected chi connectivity index (χ3v) is 6.14. The molecule has 0 saturated heterocycles. The fourth-order valence-corrected chi connectivity index (χ4v) is 4.38. The zero-order valence-corrected chi connectivity index (χ0v) is 15.8. The summed E-state index contributed by atoms with van der Waals surface area (Å²) in [6, 6.07) is 25.1. The van der Waals surface area contributed by atoms with Crippen LogP contribution in [0.15, 0.2) is 89.8 Å². The lowest BCUT2D eigenvalue weighted by atomic mass is 10.2. The van der Waals surface area contributed by atoms with E-state index in [1.807, 2.05) is 54.6 Å². The summed E-state index contributed by atoms with van der Waals surface area (Å²) in [7, 11) is -3.74. The molecule has 0 aliphatic rings. The number of sulfone groups is 1. The van der Waals surface area contributed by atoms with Crippen LogP contribution in [-0.4, -0.2) is 29.5 Å². The van der Waals surface area contributed by atoms with Gasteiger partial charge in [0.05, 0.1) is 15.9 Å². The summed E-state index contributed by atoms with van der Waals surface area (Å²) < 4.78 is 27.1. The number of nitrogens with zero attached hydrogens (tertiary/aromatic N) is 2. The van der Waals surface area contributed by atoms with Crippen LogP contribution >= 0.6 is 0 Å². The number of carbonyl (C=O) groups excluding carboxylic acids is 1. The van der Waals surface area contributed by atoms with Crippen LogP contribution in [0.2, 0.25) is 0 Å². The van der Waals surface area contributed by atoms with Gasteiger partial charge in [-0.25, -0.2) is 13.4 Å². The highest BCUT2D eigenvalue weighted by molar-refractivity contribution is 7.92. The second kappa shape index (κ2) is 7.40. The quantitative estimate of drug-likeness (QED) is 0.470. The van der Waals surface area contributed by atoms with Crippen LogP contribution in [0.1, 0.15) is 16.2 Å². The zero-order chi connectivity index (χ0) is 19.6. The Morgan fingerprint density at radius 3 is 2.14 bits per heavy atom. The maximum absolute atomic E-state index is 13.0. The van der Waals surface area contributed by atoms with Crippen LogP contribution in [0.5, 0.6) is 0 Å². The number of imidazole rings is 1. The number of carbonyl (C=O) groups is 1. The van der Waals surface area contributed by atoms with Crippen LogP contribution < -0.4 is 0 Å². The Balaban J connectivity index is 1.73. The van der Waals surface area contributed by atoms with E-state index in [1.165, 1.54) is 12.1 Å². The first-order valence-corrected chi connectivity index (χ1v) is 10.5. The minimum atomic E-state index is -3.74. The molecular formula is C22H18N2O3S. The highest BCUT2D eigenvalue weighted by atomic mass is 32.2. The number of fused-ring (bicyclic) bond motifs is 1. The van der Waals surface area contributed by atoms with E-state index in [4.69, 9.17) is 0 Å². The molecule has 4 aromatic rings. The molecule has 3 aromatic carbocycles. The second-order valence-corrected chi connectivity index (χ2v) is 8.48. The van der Waals surface area contributed by atoms with E-state index in [1.54, 1.807) is 22.8 Å². The molecule has 1 aromatic heterocycles. The van der Waals surface area contributed by atoms with Gasteiger partial charge in [-0.15, -0.1) is 0 Å². The summed E-state index contributed by atoms with van der Waals surface area (Å²) in [4.78, 5) is 17.5. The van der Waals surface area contributed by atoms with Crippen LogP contribution in [0.3, 0.4) is 0 Å². The van der Waals surface area contributed by atoms with Crippen molar-refractivity contribution in [1.82, 2.24) is 9.55 Å². The van der Waals surface area contributed by atoms with Crippen molar-refractivity contribution in [2.45, 2.75) is 11.4 Å². The van der Waals surface area contributed by atoms with Gasteiger partial charge in [-0.1, -0.05) is 60.7 Å². The number of Topliss-reactive ketones (excluding diaryl/α,β-unsaturated/α-hetero) is 1. The number of para-hydroxylation sites is 2. The third kappa shape index (κ3) is 3.59. The molecule has 0 bridgehead atoms. The van der Waals surface area contributed by atoms with Gasteiger partial charge in [-0.2, -0.15) is 0 Å². The van der Waals surface area contributed by atoms with Crippen molar-refractivity contribution >= 4 is 26.7 Å². The Kier molecular flexibility index (Phi) is 4.79. The Bertz CT molecular complexity index is 1230. The summed E-state index contributed by atoms with van der Waals surface area (Å²) >= 11 is 0. The Hall–Kier alpha value is -3.25. The topological polar surface area (TPSA) is 69.0 Å². The molecule has 0 aliphatic carbocycles.